The van der Waals surface area contributed by atoms with Gasteiger partial charge in [0.15, 0.2) is 0 Å². The lowest BCUT2D eigenvalue weighted by molar-refractivity contribution is -0.214. The second-order valence-electron chi connectivity index (χ2n) is 6.91. The molecule has 21 heavy (non-hydrogen) atoms. The maximum Gasteiger partial charge on any atom is 0.310 e. The van der Waals surface area contributed by atoms with E-state index in [0.717, 1.165) is 32.1 Å². The number of carbonyl (C=O) groups is 1. The molecule has 122 valence electrons. The zero-order chi connectivity index (χ0) is 15.1. The van der Waals surface area contributed by atoms with Crippen molar-refractivity contribution in [3.63, 3.8) is 0 Å². The zero-order valence-corrected chi connectivity index (χ0v) is 13.8. The molecule has 2 unspecified atom stereocenters. The summed E-state index contributed by atoms with van der Waals surface area (Å²) in [5.41, 5.74) is 0. The largest absolute Gasteiger partial charge is 0.435 e. The fraction of sp³-hybridized carbons (Fsp3) is 0.944. The van der Waals surface area contributed by atoms with Crippen molar-refractivity contribution in [1.82, 2.24) is 0 Å². The summed E-state index contributed by atoms with van der Waals surface area (Å²) < 4.78 is 12.0. The summed E-state index contributed by atoms with van der Waals surface area (Å²) in [7, 11) is 0. The first-order valence-electron chi connectivity index (χ1n) is 9.06. The van der Waals surface area contributed by atoms with Crippen molar-refractivity contribution < 1.29 is 14.3 Å². The van der Waals surface area contributed by atoms with Gasteiger partial charge in [-0.1, -0.05) is 52.4 Å². The van der Waals surface area contributed by atoms with Crippen LogP contribution in [0.25, 0.3) is 0 Å². The Balaban J connectivity index is 1.93. The van der Waals surface area contributed by atoms with Gasteiger partial charge in [-0.2, -0.15) is 0 Å². The number of hydrogen-bond donors (Lipinski definition) is 0. The fourth-order valence-corrected chi connectivity index (χ4v) is 3.43. The van der Waals surface area contributed by atoms with E-state index >= 15 is 0 Å². The lowest BCUT2D eigenvalue weighted by Crippen LogP contribution is -2.36. The van der Waals surface area contributed by atoms with Gasteiger partial charge in [0.05, 0.1) is 12.0 Å². The van der Waals surface area contributed by atoms with Gasteiger partial charge in [0.25, 0.3) is 0 Å². The van der Waals surface area contributed by atoms with Crippen molar-refractivity contribution in [2.45, 2.75) is 96.9 Å². The molecule has 0 amide bonds. The maximum atomic E-state index is 12.2. The standard InChI is InChI=1S/C18H32O3/c1-3-14(2)17(19)21-18(15-10-6-4-7-11-15)20-16-12-8-5-9-13-16/h14-16,18H,3-13H2,1-2H3. The smallest absolute Gasteiger partial charge is 0.310 e. The Hall–Kier alpha value is -0.570. The average Bonchev–Trinajstić information content (AvgIpc) is 2.55. The highest BCUT2D eigenvalue weighted by Gasteiger charge is 2.31. The maximum absolute atomic E-state index is 12.2. The van der Waals surface area contributed by atoms with Gasteiger partial charge < -0.3 is 9.47 Å². The minimum atomic E-state index is -0.296. The number of carbonyl (C=O) groups excluding carboxylic acids is 1. The van der Waals surface area contributed by atoms with E-state index in [1.54, 1.807) is 0 Å². The highest BCUT2D eigenvalue weighted by molar-refractivity contribution is 5.72. The Morgan fingerprint density at radius 3 is 2.14 bits per heavy atom. The Morgan fingerprint density at radius 2 is 1.57 bits per heavy atom. The molecule has 2 aliphatic rings. The average molecular weight is 296 g/mol. The van der Waals surface area contributed by atoms with Gasteiger partial charge in [0, 0.05) is 5.92 Å². The molecule has 3 nitrogen and oxygen atoms in total. The molecule has 0 aromatic carbocycles. The van der Waals surface area contributed by atoms with E-state index in [1.807, 2.05) is 13.8 Å². The molecule has 0 saturated heterocycles. The van der Waals surface area contributed by atoms with Gasteiger partial charge in [0.2, 0.25) is 6.29 Å². The molecule has 2 saturated carbocycles. The molecule has 2 rings (SSSR count). The van der Waals surface area contributed by atoms with E-state index in [4.69, 9.17) is 9.47 Å². The molecule has 0 aliphatic heterocycles. The van der Waals surface area contributed by atoms with Crippen LogP contribution in [0.3, 0.4) is 0 Å². The lowest BCUT2D eigenvalue weighted by Gasteiger charge is -2.34. The molecule has 0 bridgehead atoms. The van der Waals surface area contributed by atoms with Crippen LogP contribution < -0.4 is 0 Å². The Bertz CT molecular complexity index is 304. The third-order valence-electron chi connectivity index (χ3n) is 5.16. The lowest BCUT2D eigenvalue weighted by atomic mass is 9.88. The van der Waals surface area contributed by atoms with E-state index < -0.39 is 0 Å². The Morgan fingerprint density at radius 1 is 1.00 bits per heavy atom. The SMILES string of the molecule is CCC(C)C(=O)OC(OC1CCCCC1)C1CCCCC1. The van der Waals surface area contributed by atoms with E-state index in [0.29, 0.717) is 12.0 Å². The van der Waals surface area contributed by atoms with Gasteiger partial charge in [-0.25, -0.2) is 0 Å². The van der Waals surface area contributed by atoms with Crippen LogP contribution in [-0.4, -0.2) is 18.4 Å². The zero-order valence-electron chi connectivity index (χ0n) is 13.8. The summed E-state index contributed by atoms with van der Waals surface area (Å²) in [6.07, 6.45) is 13.0. The van der Waals surface area contributed by atoms with Crippen LogP contribution in [0.2, 0.25) is 0 Å². The van der Waals surface area contributed by atoms with Crippen LogP contribution in [0.1, 0.15) is 84.5 Å². The third kappa shape index (κ3) is 5.28. The van der Waals surface area contributed by atoms with Crippen LogP contribution >= 0.6 is 0 Å². The minimum Gasteiger partial charge on any atom is -0.435 e. The van der Waals surface area contributed by atoms with Crippen LogP contribution in [0.15, 0.2) is 0 Å². The fourth-order valence-electron chi connectivity index (χ4n) is 3.43. The summed E-state index contributed by atoms with van der Waals surface area (Å²) in [5.74, 6) is 0.309. The summed E-state index contributed by atoms with van der Waals surface area (Å²) in [4.78, 5) is 12.2. The molecule has 0 spiro atoms. The van der Waals surface area contributed by atoms with Gasteiger partial charge in [0.1, 0.15) is 0 Å². The van der Waals surface area contributed by atoms with Gasteiger partial charge >= 0.3 is 5.97 Å². The van der Waals surface area contributed by atoms with E-state index in [9.17, 15) is 4.79 Å². The van der Waals surface area contributed by atoms with Gasteiger partial charge in [-0.3, -0.25) is 4.79 Å². The number of esters is 1. The summed E-state index contributed by atoms with van der Waals surface area (Å²) in [6, 6.07) is 0. The van der Waals surface area contributed by atoms with Crippen molar-refractivity contribution in [2.75, 3.05) is 0 Å². The molecule has 0 radical (unpaired) electrons. The van der Waals surface area contributed by atoms with Gasteiger partial charge in [-0.15, -0.1) is 0 Å². The number of hydrogen-bond acceptors (Lipinski definition) is 3. The summed E-state index contributed by atoms with van der Waals surface area (Å²) in [5, 5.41) is 0. The van der Waals surface area contributed by atoms with Crippen molar-refractivity contribution in [1.29, 1.82) is 0 Å². The molecule has 2 aliphatic carbocycles. The van der Waals surface area contributed by atoms with Crippen LogP contribution in [0.4, 0.5) is 0 Å². The first-order chi connectivity index (χ1) is 10.2. The van der Waals surface area contributed by atoms with Crippen molar-refractivity contribution >= 4 is 5.97 Å². The first-order valence-corrected chi connectivity index (χ1v) is 9.06. The topological polar surface area (TPSA) is 35.5 Å². The highest BCUT2D eigenvalue weighted by Crippen LogP contribution is 2.32. The van der Waals surface area contributed by atoms with E-state index in [2.05, 4.69) is 0 Å². The minimum absolute atomic E-state index is 0.0222. The number of ether oxygens (including phenoxy) is 2. The molecular weight excluding hydrogens is 264 g/mol. The molecule has 3 heteroatoms. The molecule has 2 fully saturated rings. The second-order valence-corrected chi connectivity index (χ2v) is 6.91. The normalized spacial score (nSPS) is 24.5. The van der Waals surface area contributed by atoms with Crippen molar-refractivity contribution in [2.24, 2.45) is 11.8 Å². The molecule has 0 aromatic rings. The van der Waals surface area contributed by atoms with Gasteiger partial charge in [-0.05, 0) is 32.1 Å². The van der Waals surface area contributed by atoms with Crippen LogP contribution in [0.5, 0.6) is 0 Å². The quantitative estimate of drug-likeness (QED) is 0.520. The summed E-state index contributed by atoms with van der Waals surface area (Å²) >= 11 is 0. The second kappa shape index (κ2) is 8.77. The van der Waals surface area contributed by atoms with Crippen molar-refractivity contribution in [3.05, 3.63) is 0 Å². The van der Waals surface area contributed by atoms with E-state index in [-0.39, 0.29) is 18.2 Å². The van der Waals surface area contributed by atoms with Crippen LogP contribution in [0, 0.1) is 11.8 Å². The Kier molecular flexibility index (Phi) is 7.01. The predicted molar refractivity (Wildman–Crippen MR) is 83.9 cm³/mol. The van der Waals surface area contributed by atoms with Crippen molar-refractivity contribution in [3.8, 4) is 0 Å². The predicted octanol–water partition coefficient (Wildman–Crippen LogP) is 4.83. The monoisotopic (exact) mass is 296 g/mol. The number of rotatable bonds is 6. The molecular formula is C18H32O3. The first kappa shape index (κ1) is 16.8. The van der Waals surface area contributed by atoms with E-state index in [1.165, 1.54) is 38.5 Å². The molecule has 0 heterocycles. The van der Waals surface area contributed by atoms with Crippen LogP contribution in [-0.2, 0) is 14.3 Å². The molecule has 0 N–H and O–H groups in total. The highest BCUT2D eigenvalue weighted by atomic mass is 16.7. The molecule has 2 atom stereocenters. The Labute approximate surface area is 129 Å². The third-order valence-corrected chi connectivity index (χ3v) is 5.16. The molecule has 0 aromatic heterocycles. The summed E-state index contributed by atoms with van der Waals surface area (Å²) in [6.45, 7) is 3.98.